The van der Waals surface area contributed by atoms with Crippen molar-refractivity contribution >= 4 is 27.7 Å². The molecule has 1 aliphatic rings. The SMILES string of the molecule is Fc1cc(Br)cc2c1COCCS2. The van der Waals surface area contributed by atoms with E-state index in [1.54, 1.807) is 11.8 Å². The lowest BCUT2D eigenvalue weighted by Crippen LogP contribution is -1.95. The number of ether oxygens (including phenoxy) is 1. The monoisotopic (exact) mass is 262 g/mol. The molecule has 0 radical (unpaired) electrons. The Morgan fingerprint density at radius 1 is 1.46 bits per heavy atom. The largest absolute Gasteiger partial charge is 0.376 e. The highest BCUT2D eigenvalue weighted by molar-refractivity contribution is 9.10. The molecule has 0 spiro atoms. The zero-order valence-corrected chi connectivity index (χ0v) is 9.25. The molecular weight excluding hydrogens is 255 g/mol. The van der Waals surface area contributed by atoms with Crippen LogP contribution < -0.4 is 0 Å². The minimum Gasteiger partial charge on any atom is -0.376 e. The van der Waals surface area contributed by atoms with Gasteiger partial charge in [0.1, 0.15) is 5.82 Å². The number of hydrogen-bond acceptors (Lipinski definition) is 2. The number of halogens is 2. The van der Waals surface area contributed by atoms with E-state index in [2.05, 4.69) is 15.9 Å². The normalized spacial score (nSPS) is 16.5. The van der Waals surface area contributed by atoms with E-state index in [1.165, 1.54) is 6.07 Å². The van der Waals surface area contributed by atoms with Gasteiger partial charge >= 0.3 is 0 Å². The summed E-state index contributed by atoms with van der Waals surface area (Å²) in [6.45, 7) is 1.08. The van der Waals surface area contributed by atoms with Crippen molar-refractivity contribution in [2.45, 2.75) is 11.5 Å². The van der Waals surface area contributed by atoms with E-state index in [-0.39, 0.29) is 5.82 Å². The number of fused-ring (bicyclic) bond motifs is 1. The van der Waals surface area contributed by atoms with Gasteiger partial charge in [0.25, 0.3) is 0 Å². The molecule has 2 rings (SSSR count). The lowest BCUT2D eigenvalue weighted by molar-refractivity contribution is 0.134. The van der Waals surface area contributed by atoms with E-state index in [4.69, 9.17) is 4.74 Å². The summed E-state index contributed by atoms with van der Waals surface area (Å²) >= 11 is 4.92. The third-order valence-corrected chi connectivity index (χ3v) is 3.35. The first-order valence-electron chi connectivity index (χ1n) is 3.96. The lowest BCUT2D eigenvalue weighted by atomic mass is 10.2. The number of hydrogen-bond donors (Lipinski definition) is 0. The van der Waals surface area contributed by atoms with Gasteiger partial charge in [0, 0.05) is 20.7 Å². The highest BCUT2D eigenvalue weighted by Gasteiger charge is 2.13. The zero-order valence-electron chi connectivity index (χ0n) is 6.85. The molecule has 0 aromatic heterocycles. The van der Waals surface area contributed by atoms with Crippen molar-refractivity contribution in [3.63, 3.8) is 0 Å². The van der Waals surface area contributed by atoms with Crippen molar-refractivity contribution in [3.05, 3.63) is 28.0 Å². The van der Waals surface area contributed by atoms with Crippen molar-refractivity contribution in [1.82, 2.24) is 0 Å². The predicted octanol–water partition coefficient (Wildman–Crippen LogP) is 3.21. The summed E-state index contributed by atoms with van der Waals surface area (Å²) in [4.78, 5) is 0.990. The Balaban J connectivity index is 2.47. The molecule has 13 heavy (non-hydrogen) atoms. The zero-order chi connectivity index (χ0) is 9.26. The minimum atomic E-state index is -0.182. The molecule has 0 fully saturated rings. The molecule has 1 aromatic carbocycles. The highest BCUT2D eigenvalue weighted by atomic mass is 79.9. The van der Waals surface area contributed by atoms with Gasteiger partial charge in [0.2, 0.25) is 0 Å². The molecule has 1 aromatic rings. The number of benzene rings is 1. The molecule has 1 heterocycles. The fraction of sp³-hybridized carbons (Fsp3) is 0.333. The number of thioether (sulfide) groups is 1. The van der Waals surface area contributed by atoms with Crippen LogP contribution in [0.4, 0.5) is 4.39 Å². The first kappa shape index (κ1) is 9.49. The summed E-state index contributed by atoms with van der Waals surface area (Å²) in [6.07, 6.45) is 0. The molecule has 0 saturated carbocycles. The van der Waals surface area contributed by atoms with Crippen LogP contribution in [0, 0.1) is 5.82 Å². The quantitative estimate of drug-likeness (QED) is 0.710. The van der Waals surface area contributed by atoms with Crippen LogP contribution in [-0.4, -0.2) is 12.4 Å². The average molecular weight is 263 g/mol. The van der Waals surface area contributed by atoms with E-state index < -0.39 is 0 Å². The molecule has 0 saturated heterocycles. The fourth-order valence-corrected chi connectivity index (χ4v) is 2.78. The molecule has 0 amide bonds. The van der Waals surface area contributed by atoms with Crippen LogP contribution in [0.5, 0.6) is 0 Å². The Kier molecular flexibility index (Phi) is 2.91. The molecule has 1 nitrogen and oxygen atoms in total. The first-order chi connectivity index (χ1) is 6.27. The van der Waals surface area contributed by atoms with Gasteiger partial charge in [-0.05, 0) is 12.1 Å². The summed E-state index contributed by atoms with van der Waals surface area (Å²) in [5.41, 5.74) is 0.686. The van der Waals surface area contributed by atoms with E-state index in [1.807, 2.05) is 6.07 Å². The van der Waals surface area contributed by atoms with Crippen LogP contribution in [0.3, 0.4) is 0 Å². The van der Waals surface area contributed by atoms with E-state index in [0.717, 1.165) is 15.1 Å². The van der Waals surface area contributed by atoms with Crippen LogP contribution in [0.1, 0.15) is 5.56 Å². The van der Waals surface area contributed by atoms with Gasteiger partial charge < -0.3 is 4.74 Å². The van der Waals surface area contributed by atoms with Crippen LogP contribution >= 0.6 is 27.7 Å². The predicted molar refractivity (Wildman–Crippen MR) is 54.5 cm³/mol. The molecule has 0 atom stereocenters. The Morgan fingerprint density at radius 3 is 3.15 bits per heavy atom. The van der Waals surface area contributed by atoms with Gasteiger partial charge in [-0.15, -0.1) is 11.8 Å². The summed E-state index contributed by atoms with van der Waals surface area (Å²) < 4.78 is 19.4. The van der Waals surface area contributed by atoms with Crippen molar-refractivity contribution in [2.75, 3.05) is 12.4 Å². The summed E-state index contributed by atoms with van der Waals surface area (Å²) in [5.74, 6) is 0.710. The van der Waals surface area contributed by atoms with Gasteiger partial charge in [0.15, 0.2) is 0 Å². The second-order valence-electron chi connectivity index (χ2n) is 2.77. The van der Waals surface area contributed by atoms with E-state index in [9.17, 15) is 4.39 Å². The summed E-state index contributed by atoms with van der Waals surface area (Å²) in [6, 6.07) is 3.42. The van der Waals surface area contributed by atoms with Crippen molar-refractivity contribution < 1.29 is 9.13 Å². The number of rotatable bonds is 0. The maximum Gasteiger partial charge on any atom is 0.130 e. The third kappa shape index (κ3) is 2.06. The second kappa shape index (κ2) is 3.98. The molecule has 0 aliphatic carbocycles. The molecule has 0 bridgehead atoms. The topological polar surface area (TPSA) is 9.23 Å². The lowest BCUT2D eigenvalue weighted by Gasteiger charge is -2.05. The molecule has 0 unspecified atom stereocenters. The molecule has 4 heteroatoms. The molecule has 1 aliphatic heterocycles. The average Bonchev–Trinajstić information content (AvgIpc) is 2.28. The van der Waals surface area contributed by atoms with Crippen LogP contribution in [0.15, 0.2) is 21.5 Å². The van der Waals surface area contributed by atoms with Gasteiger partial charge in [-0.3, -0.25) is 0 Å². The Labute approximate surface area is 88.8 Å². The third-order valence-electron chi connectivity index (χ3n) is 1.85. The van der Waals surface area contributed by atoms with Crippen LogP contribution in [0.25, 0.3) is 0 Å². The van der Waals surface area contributed by atoms with E-state index >= 15 is 0 Å². The van der Waals surface area contributed by atoms with Crippen molar-refractivity contribution in [1.29, 1.82) is 0 Å². The fourth-order valence-electron chi connectivity index (χ4n) is 1.23. The molecular formula is C9H8BrFOS. The maximum absolute atomic E-state index is 13.4. The standard InChI is InChI=1S/C9H8BrFOS/c10-6-3-8(11)7-5-12-1-2-13-9(7)4-6/h3-4H,1-2,5H2. The van der Waals surface area contributed by atoms with E-state index in [0.29, 0.717) is 18.8 Å². The van der Waals surface area contributed by atoms with Crippen molar-refractivity contribution in [2.24, 2.45) is 0 Å². The Bertz CT molecular complexity index is 330. The van der Waals surface area contributed by atoms with Gasteiger partial charge in [-0.1, -0.05) is 15.9 Å². The van der Waals surface area contributed by atoms with Crippen LogP contribution in [-0.2, 0) is 11.3 Å². The minimum absolute atomic E-state index is 0.182. The second-order valence-corrected chi connectivity index (χ2v) is 4.82. The summed E-state index contributed by atoms with van der Waals surface area (Å²) in [7, 11) is 0. The highest BCUT2D eigenvalue weighted by Crippen LogP contribution is 2.31. The summed E-state index contributed by atoms with van der Waals surface area (Å²) in [5, 5.41) is 0. The first-order valence-corrected chi connectivity index (χ1v) is 5.73. The van der Waals surface area contributed by atoms with Crippen LogP contribution in [0.2, 0.25) is 0 Å². The molecule has 0 N–H and O–H groups in total. The molecule has 70 valence electrons. The van der Waals surface area contributed by atoms with Gasteiger partial charge in [0.05, 0.1) is 13.2 Å². The van der Waals surface area contributed by atoms with Crippen molar-refractivity contribution in [3.8, 4) is 0 Å². The van der Waals surface area contributed by atoms with Gasteiger partial charge in [-0.2, -0.15) is 0 Å². The Hall–Kier alpha value is -0.0600. The maximum atomic E-state index is 13.4. The Morgan fingerprint density at radius 2 is 2.31 bits per heavy atom. The smallest absolute Gasteiger partial charge is 0.130 e. The van der Waals surface area contributed by atoms with Gasteiger partial charge in [-0.25, -0.2) is 4.39 Å².